The van der Waals surface area contributed by atoms with E-state index in [9.17, 15) is 9.59 Å². The molecule has 1 aromatic heterocycles. The molecule has 0 radical (unpaired) electrons. The van der Waals surface area contributed by atoms with Crippen molar-refractivity contribution in [2.45, 2.75) is 44.4 Å². The third-order valence-corrected chi connectivity index (χ3v) is 6.82. The summed E-state index contributed by atoms with van der Waals surface area (Å²) in [6.45, 7) is 5.38. The number of carbonyl (C=O) groups is 2. The Hall–Kier alpha value is -3.33. The summed E-state index contributed by atoms with van der Waals surface area (Å²) in [5, 5.41) is 12.4. The molecule has 1 aliphatic heterocycles. The third kappa shape index (κ3) is 5.25. The van der Waals surface area contributed by atoms with Crippen LogP contribution in [-0.2, 0) is 11.3 Å². The summed E-state index contributed by atoms with van der Waals surface area (Å²) in [4.78, 5) is 27.6. The average Bonchev–Trinajstić information content (AvgIpc) is 3.49. The number of likely N-dealkylation sites (tertiary alicyclic amines) is 1. The van der Waals surface area contributed by atoms with Crippen LogP contribution in [0, 0.1) is 6.92 Å². The number of thioether (sulfide) groups is 1. The number of hydrogen-bond donors (Lipinski definition) is 1. The Morgan fingerprint density at radius 2 is 1.97 bits per heavy atom. The minimum atomic E-state index is -0.137. The van der Waals surface area contributed by atoms with Crippen LogP contribution in [0.2, 0.25) is 0 Å². The number of nitrogens with one attached hydrogen (secondary N) is 1. The molecule has 0 saturated carbocycles. The smallest absolute Gasteiger partial charge is 0.254 e. The van der Waals surface area contributed by atoms with Gasteiger partial charge >= 0.3 is 0 Å². The van der Waals surface area contributed by atoms with Crippen LogP contribution in [0.5, 0.6) is 5.75 Å². The predicted octanol–water partition coefficient (Wildman–Crippen LogP) is 4.32. The molecule has 2 aromatic carbocycles. The van der Waals surface area contributed by atoms with E-state index in [1.54, 1.807) is 13.2 Å². The molecule has 1 unspecified atom stereocenters. The minimum absolute atomic E-state index is 0.0139. The number of rotatable bonds is 8. The topological polar surface area (TPSA) is 89.3 Å². The molecule has 1 aliphatic rings. The fourth-order valence-corrected chi connectivity index (χ4v) is 4.93. The summed E-state index contributed by atoms with van der Waals surface area (Å²) in [5.41, 5.74) is 2.49. The molecule has 34 heavy (non-hydrogen) atoms. The normalized spacial score (nSPS) is 15.4. The highest BCUT2D eigenvalue weighted by atomic mass is 32.2. The maximum absolute atomic E-state index is 13.2. The fourth-order valence-electron chi connectivity index (χ4n) is 4.12. The molecule has 3 aromatic rings. The van der Waals surface area contributed by atoms with E-state index in [4.69, 9.17) is 4.74 Å². The van der Waals surface area contributed by atoms with Crippen molar-refractivity contribution in [1.29, 1.82) is 0 Å². The quantitative estimate of drug-likeness (QED) is 0.484. The first-order valence-corrected chi connectivity index (χ1v) is 12.4. The Kier molecular flexibility index (Phi) is 7.52. The summed E-state index contributed by atoms with van der Waals surface area (Å²) in [6.07, 6.45) is 1.76. The molecule has 8 nitrogen and oxygen atoms in total. The number of anilines is 1. The first-order chi connectivity index (χ1) is 16.5. The lowest BCUT2D eigenvalue weighted by atomic mass is 10.1. The fraction of sp³-hybridized carbons (Fsp3) is 0.360. The van der Waals surface area contributed by atoms with E-state index in [-0.39, 0.29) is 23.6 Å². The lowest BCUT2D eigenvalue weighted by Crippen LogP contribution is -2.32. The molecule has 1 saturated heterocycles. The highest BCUT2D eigenvalue weighted by Crippen LogP contribution is 2.34. The molecular weight excluding hydrogens is 450 g/mol. The monoisotopic (exact) mass is 479 g/mol. The maximum Gasteiger partial charge on any atom is 0.254 e. The van der Waals surface area contributed by atoms with Crippen LogP contribution in [0.15, 0.2) is 53.7 Å². The number of ether oxygens (including phenoxy) is 1. The van der Waals surface area contributed by atoms with Crippen molar-refractivity contribution in [3.63, 3.8) is 0 Å². The van der Waals surface area contributed by atoms with Gasteiger partial charge in [0.2, 0.25) is 5.91 Å². The predicted molar refractivity (Wildman–Crippen MR) is 132 cm³/mol. The van der Waals surface area contributed by atoms with Gasteiger partial charge in [0, 0.05) is 30.4 Å². The molecule has 1 atom stereocenters. The van der Waals surface area contributed by atoms with E-state index in [2.05, 4.69) is 15.5 Å². The average molecular weight is 480 g/mol. The van der Waals surface area contributed by atoms with Crippen molar-refractivity contribution < 1.29 is 14.3 Å². The maximum atomic E-state index is 13.2. The number of aromatic nitrogens is 3. The van der Waals surface area contributed by atoms with Crippen molar-refractivity contribution in [3.8, 4) is 5.75 Å². The molecule has 0 spiro atoms. The van der Waals surface area contributed by atoms with Gasteiger partial charge in [-0.15, -0.1) is 10.2 Å². The highest BCUT2D eigenvalue weighted by Gasteiger charge is 2.34. The molecule has 1 fully saturated rings. The molecule has 9 heteroatoms. The summed E-state index contributed by atoms with van der Waals surface area (Å²) < 4.78 is 7.21. The van der Waals surface area contributed by atoms with Crippen molar-refractivity contribution in [2.24, 2.45) is 0 Å². The standard InChI is InChI=1S/C25H29N5O3S/c1-4-29-23(21-9-6-14-30(21)24(32)18-12-10-17(2)11-13-18)27-28-25(29)34-16-22(31)26-19-7-5-8-20(15-19)33-3/h5,7-8,10-13,15,21H,4,6,9,14,16H2,1-3H3,(H,26,31). The van der Waals surface area contributed by atoms with Gasteiger partial charge < -0.3 is 19.5 Å². The second kappa shape index (κ2) is 10.7. The number of carbonyl (C=O) groups excluding carboxylic acids is 2. The molecule has 4 rings (SSSR count). The van der Waals surface area contributed by atoms with Crippen molar-refractivity contribution in [1.82, 2.24) is 19.7 Å². The molecule has 2 heterocycles. The van der Waals surface area contributed by atoms with Gasteiger partial charge in [-0.3, -0.25) is 9.59 Å². The Bertz CT molecular complexity index is 1160. The van der Waals surface area contributed by atoms with E-state index >= 15 is 0 Å². The molecule has 178 valence electrons. The molecular formula is C25H29N5O3S. The Balaban J connectivity index is 1.44. The van der Waals surface area contributed by atoms with E-state index in [1.165, 1.54) is 11.8 Å². The van der Waals surface area contributed by atoms with Gasteiger partial charge in [0.05, 0.1) is 18.9 Å². The first kappa shape index (κ1) is 23.8. The Morgan fingerprint density at radius 1 is 1.18 bits per heavy atom. The highest BCUT2D eigenvalue weighted by molar-refractivity contribution is 7.99. The van der Waals surface area contributed by atoms with E-state index < -0.39 is 0 Å². The lowest BCUT2D eigenvalue weighted by Gasteiger charge is -2.24. The zero-order chi connectivity index (χ0) is 24.1. The number of nitrogens with zero attached hydrogens (tertiary/aromatic N) is 4. The van der Waals surface area contributed by atoms with Crippen LogP contribution in [0.25, 0.3) is 0 Å². The van der Waals surface area contributed by atoms with Gasteiger partial charge in [-0.05, 0) is 51.0 Å². The van der Waals surface area contributed by atoms with Gasteiger partial charge in [0.1, 0.15) is 5.75 Å². The van der Waals surface area contributed by atoms with Gasteiger partial charge in [-0.1, -0.05) is 35.5 Å². The van der Waals surface area contributed by atoms with E-state index in [0.29, 0.717) is 35.2 Å². The second-order valence-corrected chi connectivity index (χ2v) is 9.12. The van der Waals surface area contributed by atoms with Gasteiger partial charge in [-0.2, -0.15) is 0 Å². The van der Waals surface area contributed by atoms with Gasteiger partial charge in [-0.25, -0.2) is 0 Å². The van der Waals surface area contributed by atoms with Crippen molar-refractivity contribution in [3.05, 3.63) is 65.5 Å². The first-order valence-electron chi connectivity index (χ1n) is 11.4. The molecule has 1 N–H and O–H groups in total. The summed E-state index contributed by atoms with van der Waals surface area (Å²) in [6, 6.07) is 14.8. The Labute approximate surface area is 203 Å². The van der Waals surface area contributed by atoms with Crippen LogP contribution >= 0.6 is 11.8 Å². The number of hydrogen-bond acceptors (Lipinski definition) is 6. The number of aryl methyl sites for hydroxylation is 1. The number of amides is 2. The van der Waals surface area contributed by atoms with Crippen LogP contribution in [0.3, 0.4) is 0 Å². The van der Waals surface area contributed by atoms with Gasteiger partial charge in [0.15, 0.2) is 11.0 Å². The zero-order valence-electron chi connectivity index (χ0n) is 19.7. The zero-order valence-corrected chi connectivity index (χ0v) is 20.5. The molecule has 2 amide bonds. The Morgan fingerprint density at radius 3 is 2.71 bits per heavy atom. The van der Waals surface area contributed by atoms with E-state index in [0.717, 1.165) is 24.2 Å². The van der Waals surface area contributed by atoms with E-state index in [1.807, 2.05) is 65.8 Å². The molecule has 0 aliphatic carbocycles. The summed E-state index contributed by atoms with van der Waals surface area (Å²) >= 11 is 1.34. The largest absolute Gasteiger partial charge is 0.497 e. The number of methoxy groups -OCH3 is 1. The SMILES string of the molecule is CCn1c(SCC(=O)Nc2cccc(OC)c2)nnc1C1CCCN1C(=O)c1ccc(C)cc1. The van der Waals surface area contributed by atoms with Crippen LogP contribution < -0.4 is 10.1 Å². The van der Waals surface area contributed by atoms with Crippen molar-refractivity contribution in [2.75, 3.05) is 24.7 Å². The molecule has 0 bridgehead atoms. The second-order valence-electron chi connectivity index (χ2n) is 8.18. The number of benzene rings is 2. The van der Waals surface area contributed by atoms with Crippen molar-refractivity contribution >= 4 is 29.3 Å². The van der Waals surface area contributed by atoms with Gasteiger partial charge in [0.25, 0.3) is 5.91 Å². The van der Waals surface area contributed by atoms with Crippen LogP contribution in [0.4, 0.5) is 5.69 Å². The lowest BCUT2D eigenvalue weighted by molar-refractivity contribution is -0.113. The minimum Gasteiger partial charge on any atom is -0.497 e. The summed E-state index contributed by atoms with van der Waals surface area (Å²) in [7, 11) is 1.59. The van der Waals surface area contributed by atoms with Crippen LogP contribution in [-0.4, -0.2) is 50.9 Å². The summed E-state index contributed by atoms with van der Waals surface area (Å²) in [5.74, 6) is 1.53. The van der Waals surface area contributed by atoms with Crippen LogP contribution in [0.1, 0.15) is 47.6 Å². The third-order valence-electron chi connectivity index (χ3n) is 5.86.